The summed E-state index contributed by atoms with van der Waals surface area (Å²) in [5, 5.41) is 14.1. The van der Waals surface area contributed by atoms with Crippen LogP contribution in [0.1, 0.15) is 19.8 Å². The maximum Gasteiger partial charge on any atom is 0.292 e. The van der Waals surface area contributed by atoms with E-state index < -0.39 is 0 Å². The molecule has 1 aliphatic rings. The number of nitro benzene ring substituents is 1. The first-order chi connectivity index (χ1) is 8.11. The maximum atomic E-state index is 10.9. The molecule has 0 spiro atoms. The van der Waals surface area contributed by atoms with Gasteiger partial charge in [-0.05, 0) is 31.6 Å². The zero-order valence-corrected chi connectivity index (χ0v) is 10.6. The van der Waals surface area contributed by atoms with Gasteiger partial charge >= 0.3 is 0 Å². The van der Waals surface area contributed by atoms with Crippen molar-refractivity contribution in [1.82, 2.24) is 0 Å². The van der Waals surface area contributed by atoms with Crippen LogP contribution >= 0.6 is 11.8 Å². The zero-order chi connectivity index (χ0) is 12.3. The van der Waals surface area contributed by atoms with E-state index in [1.54, 1.807) is 12.1 Å². The normalized spacial score (nSPS) is 23.6. The summed E-state index contributed by atoms with van der Waals surface area (Å²) in [5.41, 5.74) is 0.769. The van der Waals surface area contributed by atoms with Crippen molar-refractivity contribution in [2.24, 2.45) is 0 Å². The van der Waals surface area contributed by atoms with Crippen LogP contribution in [0, 0.1) is 10.1 Å². The number of para-hydroxylation sites is 2. The van der Waals surface area contributed by atoms with E-state index in [2.05, 4.69) is 12.2 Å². The molecule has 17 heavy (non-hydrogen) atoms. The van der Waals surface area contributed by atoms with Gasteiger partial charge in [0, 0.05) is 17.4 Å². The Balaban J connectivity index is 2.06. The number of anilines is 1. The zero-order valence-electron chi connectivity index (χ0n) is 9.81. The molecule has 1 heterocycles. The van der Waals surface area contributed by atoms with Gasteiger partial charge in [-0.3, -0.25) is 10.1 Å². The monoisotopic (exact) mass is 252 g/mol. The lowest BCUT2D eigenvalue weighted by Crippen LogP contribution is -2.27. The smallest absolute Gasteiger partial charge is 0.292 e. The van der Waals surface area contributed by atoms with E-state index in [-0.39, 0.29) is 15.4 Å². The second kappa shape index (κ2) is 4.96. The van der Waals surface area contributed by atoms with Crippen molar-refractivity contribution in [2.75, 3.05) is 17.6 Å². The van der Waals surface area contributed by atoms with E-state index in [0.717, 1.165) is 6.54 Å². The molecule has 0 radical (unpaired) electrons. The molecule has 1 unspecified atom stereocenters. The molecular formula is C12H16N2O2S. The summed E-state index contributed by atoms with van der Waals surface area (Å²) in [6.45, 7) is 2.99. The lowest BCUT2D eigenvalue weighted by Gasteiger charge is -2.23. The van der Waals surface area contributed by atoms with Gasteiger partial charge < -0.3 is 5.32 Å². The van der Waals surface area contributed by atoms with Gasteiger partial charge in [-0.15, -0.1) is 0 Å². The van der Waals surface area contributed by atoms with Crippen LogP contribution in [0.5, 0.6) is 0 Å². The molecule has 5 heteroatoms. The minimum atomic E-state index is -0.341. The molecule has 0 saturated carbocycles. The second-order valence-corrected chi connectivity index (χ2v) is 6.21. The minimum Gasteiger partial charge on any atom is -0.378 e. The van der Waals surface area contributed by atoms with Crippen molar-refractivity contribution in [3.63, 3.8) is 0 Å². The molecule has 0 amide bonds. The Bertz CT molecular complexity index is 417. The van der Waals surface area contributed by atoms with Gasteiger partial charge in [-0.1, -0.05) is 12.1 Å². The van der Waals surface area contributed by atoms with E-state index in [4.69, 9.17) is 0 Å². The molecule has 0 bridgehead atoms. The topological polar surface area (TPSA) is 55.2 Å². The van der Waals surface area contributed by atoms with Crippen molar-refractivity contribution in [1.29, 1.82) is 0 Å². The fourth-order valence-electron chi connectivity index (χ4n) is 2.04. The Labute approximate surface area is 105 Å². The predicted octanol–water partition coefficient (Wildman–Crippen LogP) is 3.29. The highest BCUT2D eigenvalue weighted by molar-refractivity contribution is 8.00. The van der Waals surface area contributed by atoms with Crippen LogP contribution in [0.4, 0.5) is 11.4 Å². The van der Waals surface area contributed by atoms with E-state index in [1.807, 2.05) is 17.8 Å². The Morgan fingerprint density at radius 1 is 1.53 bits per heavy atom. The van der Waals surface area contributed by atoms with Gasteiger partial charge in [-0.25, -0.2) is 0 Å². The number of hydrogen-bond acceptors (Lipinski definition) is 4. The molecule has 1 aromatic carbocycles. The van der Waals surface area contributed by atoms with Crippen LogP contribution in [0.15, 0.2) is 24.3 Å². The number of thioether (sulfide) groups is 1. The van der Waals surface area contributed by atoms with Crippen molar-refractivity contribution >= 4 is 23.1 Å². The third kappa shape index (κ3) is 2.91. The van der Waals surface area contributed by atoms with Crippen molar-refractivity contribution < 1.29 is 4.92 Å². The summed E-state index contributed by atoms with van der Waals surface area (Å²) in [4.78, 5) is 10.5. The van der Waals surface area contributed by atoms with Gasteiger partial charge in [0.15, 0.2) is 0 Å². The van der Waals surface area contributed by atoms with Gasteiger partial charge in [0.05, 0.1) is 4.92 Å². The lowest BCUT2D eigenvalue weighted by atomic mass is 10.1. The van der Waals surface area contributed by atoms with Crippen LogP contribution in [-0.2, 0) is 0 Å². The first-order valence-corrected chi connectivity index (χ1v) is 6.71. The number of nitrogens with zero attached hydrogens (tertiary/aromatic N) is 1. The first kappa shape index (κ1) is 12.2. The Kier molecular flexibility index (Phi) is 3.57. The van der Waals surface area contributed by atoms with Crippen LogP contribution in [0.25, 0.3) is 0 Å². The van der Waals surface area contributed by atoms with Gasteiger partial charge in [0.2, 0.25) is 0 Å². The summed E-state index contributed by atoms with van der Waals surface area (Å²) in [7, 11) is 0. The summed E-state index contributed by atoms with van der Waals surface area (Å²) in [5.74, 6) is 1.19. The minimum absolute atomic E-state index is 0.152. The molecule has 1 fully saturated rings. The molecule has 2 rings (SSSR count). The Morgan fingerprint density at radius 2 is 2.29 bits per heavy atom. The highest BCUT2D eigenvalue weighted by atomic mass is 32.2. The molecule has 4 nitrogen and oxygen atoms in total. The van der Waals surface area contributed by atoms with Crippen LogP contribution in [0.3, 0.4) is 0 Å². The van der Waals surface area contributed by atoms with Crippen LogP contribution < -0.4 is 5.32 Å². The standard InChI is InChI=1S/C12H16N2O2S/c1-12(7-4-8-17-12)9-13-10-5-2-3-6-11(10)14(15)16/h2-3,5-6,13H,4,7-9H2,1H3. The van der Waals surface area contributed by atoms with Gasteiger partial charge in [0.1, 0.15) is 5.69 Å². The van der Waals surface area contributed by atoms with E-state index in [0.29, 0.717) is 5.69 Å². The summed E-state index contributed by atoms with van der Waals surface area (Å²) >= 11 is 1.95. The first-order valence-electron chi connectivity index (χ1n) is 5.72. The molecule has 1 aliphatic heterocycles. The average Bonchev–Trinajstić information content (AvgIpc) is 2.74. The molecule has 1 aromatic rings. The number of nitrogens with one attached hydrogen (secondary N) is 1. The van der Waals surface area contributed by atoms with Crippen molar-refractivity contribution in [2.45, 2.75) is 24.5 Å². The number of hydrogen-bond donors (Lipinski definition) is 1. The number of rotatable bonds is 4. The van der Waals surface area contributed by atoms with E-state index >= 15 is 0 Å². The molecular weight excluding hydrogens is 236 g/mol. The third-order valence-electron chi connectivity index (χ3n) is 3.05. The molecule has 1 atom stereocenters. The van der Waals surface area contributed by atoms with Crippen molar-refractivity contribution in [3.05, 3.63) is 34.4 Å². The Hall–Kier alpha value is -1.23. The lowest BCUT2D eigenvalue weighted by molar-refractivity contribution is -0.384. The van der Waals surface area contributed by atoms with Crippen LogP contribution in [-0.4, -0.2) is 22.0 Å². The van der Waals surface area contributed by atoms with Crippen LogP contribution in [0.2, 0.25) is 0 Å². The summed E-state index contributed by atoms with van der Waals surface area (Å²) in [6, 6.07) is 6.81. The maximum absolute atomic E-state index is 10.9. The highest BCUT2D eigenvalue weighted by Gasteiger charge is 2.29. The molecule has 92 valence electrons. The molecule has 1 saturated heterocycles. The number of nitro groups is 1. The Morgan fingerprint density at radius 3 is 2.94 bits per heavy atom. The highest BCUT2D eigenvalue weighted by Crippen LogP contribution is 2.38. The van der Waals surface area contributed by atoms with E-state index in [9.17, 15) is 10.1 Å². The molecule has 1 N–H and O–H groups in total. The second-order valence-electron chi connectivity index (χ2n) is 4.53. The predicted molar refractivity (Wildman–Crippen MR) is 71.7 cm³/mol. The summed E-state index contributed by atoms with van der Waals surface area (Å²) < 4.78 is 0.212. The third-order valence-corrected chi connectivity index (χ3v) is 4.59. The van der Waals surface area contributed by atoms with Crippen molar-refractivity contribution in [3.8, 4) is 0 Å². The molecule has 0 aromatic heterocycles. The fraction of sp³-hybridized carbons (Fsp3) is 0.500. The SMILES string of the molecule is CC1(CNc2ccccc2[N+](=O)[O-])CCCS1. The van der Waals surface area contributed by atoms with Gasteiger partial charge in [0.25, 0.3) is 5.69 Å². The summed E-state index contributed by atoms with van der Waals surface area (Å²) in [6.07, 6.45) is 2.41. The number of benzene rings is 1. The average molecular weight is 252 g/mol. The van der Waals surface area contributed by atoms with E-state index in [1.165, 1.54) is 24.7 Å². The largest absolute Gasteiger partial charge is 0.378 e. The quantitative estimate of drug-likeness (QED) is 0.660. The fourth-order valence-corrected chi connectivity index (χ4v) is 3.29. The van der Waals surface area contributed by atoms with Gasteiger partial charge in [-0.2, -0.15) is 11.8 Å². The molecule has 0 aliphatic carbocycles.